The molecule has 1 saturated heterocycles. The van der Waals surface area contributed by atoms with Gasteiger partial charge >= 0.3 is 0 Å². The molecule has 2 nitrogen and oxygen atoms in total. The van der Waals surface area contributed by atoms with E-state index in [-0.39, 0.29) is 0 Å². The van der Waals surface area contributed by atoms with E-state index in [4.69, 9.17) is 9.47 Å². The van der Waals surface area contributed by atoms with Gasteiger partial charge in [-0.3, -0.25) is 0 Å². The van der Waals surface area contributed by atoms with Crippen molar-refractivity contribution in [3.8, 4) is 5.75 Å². The Kier molecular flexibility index (Phi) is 2.70. The highest BCUT2D eigenvalue weighted by atomic mass is 16.6. The van der Waals surface area contributed by atoms with Crippen molar-refractivity contribution in [1.29, 1.82) is 0 Å². The first-order chi connectivity index (χ1) is 7.08. The highest BCUT2D eigenvalue weighted by Gasteiger charge is 2.34. The summed E-state index contributed by atoms with van der Waals surface area (Å²) in [4.78, 5) is 0. The fourth-order valence-electron chi connectivity index (χ4n) is 1.97. The van der Waals surface area contributed by atoms with Crippen LogP contribution >= 0.6 is 0 Å². The molecule has 0 radical (unpaired) electrons. The van der Waals surface area contributed by atoms with Crippen LogP contribution in [0.25, 0.3) is 0 Å². The lowest BCUT2D eigenvalue weighted by molar-refractivity contribution is 0.258. The summed E-state index contributed by atoms with van der Waals surface area (Å²) >= 11 is 0. The van der Waals surface area contributed by atoms with Gasteiger partial charge in [-0.2, -0.15) is 0 Å². The standard InChI is InChI=1S/C13H18O2/c1-8-5-9(2)13(10(3)6-8)14-7-12-11(4)15-12/h5-6,11-12H,7H2,1-4H3. The van der Waals surface area contributed by atoms with Crippen LogP contribution in [0.4, 0.5) is 0 Å². The number of ether oxygens (including phenoxy) is 2. The number of aryl methyl sites for hydroxylation is 3. The second kappa shape index (κ2) is 3.86. The van der Waals surface area contributed by atoms with Gasteiger partial charge in [0.05, 0.1) is 6.10 Å². The summed E-state index contributed by atoms with van der Waals surface area (Å²) in [6.07, 6.45) is 0.668. The lowest BCUT2D eigenvalue weighted by Crippen LogP contribution is -2.08. The molecule has 0 bridgehead atoms. The molecule has 0 amide bonds. The fraction of sp³-hybridized carbons (Fsp3) is 0.538. The first kappa shape index (κ1) is 10.5. The average Bonchev–Trinajstić information content (AvgIpc) is 2.80. The van der Waals surface area contributed by atoms with Gasteiger partial charge in [0.25, 0.3) is 0 Å². The summed E-state index contributed by atoms with van der Waals surface area (Å²) in [6.45, 7) is 9.03. The van der Waals surface area contributed by atoms with Gasteiger partial charge in [0, 0.05) is 0 Å². The van der Waals surface area contributed by atoms with Crippen molar-refractivity contribution in [3.05, 3.63) is 28.8 Å². The summed E-state index contributed by atoms with van der Waals surface area (Å²) in [5.41, 5.74) is 3.70. The number of epoxide rings is 1. The van der Waals surface area contributed by atoms with Crippen molar-refractivity contribution in [2.45, 2.75) is 39.9 Å². The number of hydrogen-bond donors (Lipinski definition) is 0. The molecule has 2 heteroatoms. The van der Waals surface area contributed by atoms with Crippen LogP contribution in [0.2, 0.25) is 0 Å². The minimum Gasteiger partial charge on any atom is -0.490 e. The maximum atomic E-state index is 5.79. The van der Waals surface area contributed by atoms with E-state index >= 15 is 0 Å². The van der Waals surface area contributed by atoms with Crippen molar-refractivity contribution in [1.82, 2.24) is 0 Å². The van der Waals surface area contributed by atoms with Gasteiger partial charge < -0.3 is 9.47 Å². The van der Waals surface area contributed by atoms with Gasteiger partial charge in [0.1, 0.15) is 18.5 Å². The second-order valence-electron chi connectivity index (χ2n) is 4.42. The van der Waals surface area contributed by atoms with E-state index in [0.29, 0.717) is 18.8 Å². The van der Waals surface area contributed by atoms with Crippen LogP contribution in [0.3, 0.4) is 0 Å². The first-order valence-electron chi connectivity index (χ1n) is 5.44. The number of benzene rings is 1. The summed E-state index contributed by atoms with van der Waals surface area (Å²) < 4.78 is 11.1. The third-order valence-electron chi connectivity index (χ3n) is 2.83. The summed E-state index contributed by atoms with van der Waals surface area (Å²) in [7, 11) is 0. The number of hydrogen-bond acceptors (Lipinski definition) is 2. The Morgan fingerprint density at radius 3 is 2.20 bits per heavy atom. The molecule has 0 spiro atoms. The molecule has 1 aromatic carbocycles. The predicted octanol–water partition coefficient (Wildman–Crippen LogP) is 2.78. The van der Waals surface area contributed by atoms with Crippen molar-refractivity contribution in [2.24, 2.45) is 0 Å². The topological polar surface area (TPSA) is 21.8 Å². The lowest BCUT2D eigenvalue weighted by Gasteiger charge is -2.12. The molecule has 0 aromatic heterocycles. The van der Waals surface area contributed by atoms with Gasteiger partial charge in [-0.25, -0.2) is 0 Å². The Morgan fingerprint density at radius 2 is 1.73 bits per heavy atom. The third-order valence-corrected chi connectivity index (χ3v) is 2.83. The minimum absolute atomic E-state index is 0.296. The average molecular weight is 206 g/mol. The van der Waals surface area contributed by atoms with E-state index in [2.05, 4.69) is 39.8 Å². The van der Waals surface area contributed by atoms with Gasteiger partial charge in [0.2, 0.25) is 0 Å². The number of rotatable bonds is 3. The zero-order chi connectivity index (χ0) is 11.0. The zero-order valence-corrected chi connectivity index (χ0v) is 9.83. The normalized spacial score (nSPS) is 24.0. The Morgan fingerprint density at radius 1 is 1.20 bits per heavy atom. The molecule has 1 heterocycles. The molecule has 1 aliphatic rings. The predicted molar refractivity (Wildman–Crippen MR) is 60.5 cm³/mol. The van der Waals surface area contributed by atoms with Crippen LogP contribution in [0.5, 0.6) is 5.75 Å². The smallest absolute Gasteiger partial charge is 0.125 e. The molecule has 2 atom stereocenters. The summed E-state index contributed by atoms with van der Waals surface area (Å²) in [5.74, 6) is 1.02. The summed E-state index contributed by atoms with van der Waals surface area (Å²) in [5, 5.41) is 0. The third kappa shape index (κ3) is 2.32. The molecule has 15 heavy (non-hydrogen) atoms. The molecule has 2 rings (SSSR count). The van der Waals surface area contributed by atoms with E-state index in [1.807, 2.05) is 0 Å². The molecule has 0 N–H and O–H groups in total. The van der Waals surface area contributed by atoms with Crippen molar-refractivity contribution < 1.29 is 9.47 Å². The van der Waals surface area contributed by atoms with Gasteiger partial charge in [-0.05, 0) is 38.8 Å². The van der Waals surface area contributed by atoms with E-state index in [9.17, 15) is 0 Å². The Bertz CT molecular complexity index is 348. The Balaban J connectivity index is 2.06. The SMILES string of the molecule is Cc1cc(C)c(OCC2OC2C)c(C)c1. The molecular weight excluding hydrogens is 188 g/mol. The maximum absolute atomic E-state index is 5.79. The Labute approximate surface area is 91.2 Å². The molecule has 2 unspecified atom stereocenters. The second-order valence-corrected chi connectivity index (χ2v) is 4.42. The van der Waals surface area contributed by atoms with Crippen LogP contribution in [0.15, 0.2) is 12.1 Å². The monoisotopic (exact) mass is 206 g/mol. The minimum atomic E-state index is 0.296. The molecule has 0 aliphatic carbocycles. The van der Waals surface area contributed by atoms with Crippen molar-refractivity contribution in [2.75, 3.05) is 6.61 Å². The maximum Gasteiger partial charge on any atom is 0.125 e. The van der Waals surface area contributed by atoms with E-state index < -0.39 is 0 Å². The van der Waals surface area contributed by atoms with E-state index in [1.165, 1.54) is 16.7 Å². The summed E-state index contributed by atoms with van der Waals surface area (Å²) in [6, 6.07) is 4.30. The van der Waals surface area contributed by atoms with Crippen molar-refractivity contribution >= 4 is 0 Å². The van der Waals surface area contributed by atoms with E-state index in [1.54, 1.807) is 0 Å². The highest BCUT2D eigenvalue weighted by Crippen LogP contribution is 2.27. The van der Waals surface area contributed by atoms with Crippen LogP contribution in [0.1, 0.15) is 23.6 Å². The largest absolute Gasteiger partial charge is 0.490 e. The van der Waals surface area contributed by atoms with Crippen LogP contribution in [0, 0.1) is 20.8 Å². The van der Waals surface area contributed by atoms with Gasteiger partial charge in [0.15, 0.2) is 0 Å². The van der Waals surface area contributed by atoms with Gasteiger partial charge in [-0.15, -0.1) is 0 Å². The molecule has 82 valence electrons. The molecule has 0 saturated carbocycles. The first-order valence-corrected chi connectivity index (χ1v) is 5.44. The molecule has 1 aliphatic heterocycles. The quantitative estimate of drug-likeness (QED) is 0.709. The van der Waals surface area contributed by atoms with Crippen molar-refractivity contribution in [3.63, 3.8) is 0 Å². The molecule has 1 fully saturated rings. The molecular formula is C13H18O2. The highest BCUT2D eigenvalue weighted by molar-refractivity contribution is 5.42. The van der Waals surface area contributed by atoms with Crippen LogP contribution < -0.4 is 4.74 Å². The van der Waals surface area contributed by atoms with Crippen LogP contribution in [-0.4, -0.2) is 18.8 Å². The Hall–Kier alpha value is -1.02. The van der Waals surface area contributed by atoms with Crippen LogP contribution in [-0.2, 0) is 4.74 Å². The van der Waals surface area contributed by atoms with E-state index in [0.717, 1.165) is 5.75 Å². The lowest BCUT2D eigenvalue weighted by atomic mass is 10.1. The fourth-order valence-corrected chi connectivity index (χ4v) is 1.97. The molecule has 1 aromatic rings. The zero-order valence-electron chi connectivity index (χ0n) is 9.83. The van der Waals surface area contributed by atoms with Gasteiger partial charge in [-0.1, -0.05) is 17.7 Å².